The van der Waals surface area contributed by atoms with Gasteiger partial charge in [0.2, 0.25) is 17.7 Å². The van der Waals surface area contributed by atoms with E-state index in [2.05, 4.69) is 32.2 Å². The number of carbonyl (C=O) groups excluding carboxylic acids is 2. The third-order valence-corrected chi connectivity index (χ3v) is 5.58. The van der Waals surface area contributed by atoms with Crippen molar-refractivity contribution in [3.63, 3.8) is 0 Å². The average Bonchev–Trinajstić information content (AvgIpc) is 3.70. The molecule has 1 aliphatic heterocycles. The highest BCUT2D eigenvalue weighted by molar-refractivity contribution is 6.03. The number of hydrogen-bond donors (Lipinski definition) is 2. The molecule has 2 aromatic heterocycles. The van der Waals surface area contributed by atoms with Gasteiger partial charge in [0.05, 0.1) is 31.2 Å². The lowest BCUT2D eigenvalue weighted by atomic mass is 10.1. The van der Waals surface area contributed by atoms with Crippen LogP contribution in [0.15, 0.2) is 61.4 Å². The van der Waals surface area contributed by atoms with Crippen LogP contribution in [0, 0.1) is 0 Å². The predicted molar refractivity (Wildman–Crippen MR) is 127 cm³/mol. The quantitative estimate of drug-likeness (QED) is 0.516. The van der Waals surface area contributed by atoms with Crippen LogP contribution in [0.4, 0.5) is 33.6 Å². The molecular weight excluding hydrogens is 434 g/mol. The number of nitrogens with one attached hydrogen (secondary N) is 2. The Balaban J connectivity index is 1.51. The topological polar surface area (TPSA) is 113 Å². The van der Waals surface area contributed by atoms with Crippen LogP contribution in [0.25, 0.3) is 0 Å². The summed E-state index contributed by atoms with van der Waals surface area (Å²) in [6.45, 7) is 3.93. The Morgan fingerprint density at radius 1 is 1.18 bits per heavy atom. The van der Waals surface area contributed by atoms with Crippen LogP contribution in [0.2, 0.25) is 0 Å². The van der Waals surface area contributed by atoms with Crippen molar-refractivity contribution in [1.29, 1.82) is 0 Å². The van der Waals surface area contributed by atoms with Crippen molar-refractivity contribution in [2.45, 2.75) is 25.4 Å². The summed E-state index contributed by atoms with van der Waals surface area (Å²) < 4.78 is 5.09. The Morgan fingerprint density at radius 2 is 2.03 bits per heavy atom. The Morgan fingerprint density at radius 3 is 2.74 bits per heavy atom. The summed E-state index contributed by atoms with van der Waals surface area (Å²) in [5.41, 5.74) is 2.67. The highest BCUT2D eigenvalue weighted by Crippen LogP contribution is 2.39. The number of benzene rings is 1. The molecule has 10 heteroatoms. The molecule has 5 rings (SSSR count). The van der Waals surface area contributed by atoms with Gasteiger partial charge >= 0.3 is 6.03 Å². The van der Waals surface area contributed by atoms with E-state index in [0.29, 0.717) is 41.3 Å². The third kappa shape index (κ3) is 4.25. The first-order chi connectivity index (χ1) is 16.6. The van der Waals surface area contributed by atoms with Gasteiger partial charge < -0.3 is 20.3 Å². The third-order valence-electron chi connectivity index (χ3n) is 5.58. The van der Waals surface area contributed by atoms with Crippen molar-refractivity contribution in [3.8, 4) is 5.88 Å². The number of aromatic nitrogens is 3. The summed E-state index contributed by atoms with van der Waals surface area (Å²) >= 11 is 0. The second-order valence-electron chi connectivity index (χ2n) is 7.98. The summed E-state index contributed by atoms with van der Waals surface area (Å²) in [6, 6.07) is 10.7. The van der Waals surface area contributed by atoms with Gasteiger partial charge in [0.1, 0.15) is 0 Å². The second-order valence-corrected chi connectivity index (χ2v) is 7.98. The standard InChI is InChI=1S/C24H23N7O3/c1-3-20(32)27-16-5-4-6-19(11-16)31-22-15(14-30(24(31)33)18-8-9-18)12-26-23(29-22)28-17-7-10-21(34-2)25-13-17/h3-7,10-13,18H,1,8-9,14H2,2H3,(H,27,32)(H,26,28,29). The molecule has 0 unspecified atom stereocenters. The normalized spacial score (nSPS) is 14.9. The molecule has 34 heavy (non-hydrogen) atoms. The maximum absolute atomic E-state index is 13.5. The molecule has 3 heterocycles. The Kier molecular flexibility index (Phi) is 5.54. The minimum Gasteiger partial charge on any atom is -0.481 e. The largest absolute Gasteiger partial charge is 0.481 e. The van der Waals surface area contributed by atoms with Crippen LogP contribution in [0.1, 0.15) is 18.4 Å². The lowest BCUT2D eigenvalue weighted by molar-refractivity contribution is -0.111. The summed E-state index contributed by atoms with van der Waals surface area (Å²) in [5.74, 6) is 0.994. The fourth-order valence-electron chi connectivity index (χ4n) is 3.76. The molecule has 3 amide bonds. The second kappa shape index (κ2) is 8.81. The summed E-state index contributed by atoms with van der Waals surface area (Å²) in [7, 11) is 1.55. The van der Waals surface area contributed by atoms with Crippen LogP contribution in [-0.2, 0) is 11.3 Å². The first kappa shape index (κ1) is 21.4. The van der Waals surface area contributed by atoms with Gasteiger partial charge in [-0.15, -0.1) is 0 Å². The smallest absolute Gasteiger partial charge is 0.330 e. The Labute approximate surface area is 196 Å². The molecular formula is C24H23N7O3. The Hall–Kier alpha value is -4.47. The van der Waals surface area contributed by atoms with Crippen molar-refractivity contribution in [3.05, 3.63) is 67.0 Å². The van der Waals surface area contributed by atoms with Gasteiger partial charge in [-0.3, -0.25) is 4.79 Å². The van der Waals surface area contributed by atoms with E-state index in [4.69, 9.17) is 4.74 Å². The van der Waals surface area contributed by atoms with Crippen LogP contribution >= 0.6 is 0 Å². The van der Waals surface area contributed by atoms with Crippen LogP contribution in [-0.4, -0.2) is 44.9 Å². The predicted octanol–water partition coefficient (Wildman–Crippen LogP) is 3.98. The van der Waals surface area contributed by atoms with E-state index in [0.717, 1.165) is 18.4 Å². The number of anilines is 5. The zero-order valence-electron chi connectivity index (χ0n) is 18.6. The molecule has 10 nitrogen and oxygen atoms in total. The number of rotatable bonds is 7. The molecule has 0 spiro atoms. The van der Waals surface area contributed by atoms with E-state index in [1.807, 2.05) is 11.0 Å². The minimum atomic E-state index is -0.330. The molecule has 0 atom stereocenters. The average molecular weight is 457 g/mol. The van der Waals surface area contributed by atoms with Gasteiger partial charge in [-0.1, -0.05) is 12.6 Å². The van der Waals surface area contributed by atoms with Gasteiger partial charge in [-0.25, -0.2) is 19.7 Å². The van der Waals surface area contributed by atoms with Gasteiger partial charge in [0, 0.05) is 29.6 Å². The minimum absolute atomic E-state index is 0.155. The van der Waals surface area contributed by atoms with Crippen molar-refractivity contribution in [2.24, 2.45) is 0 Å². The van der Waals surface area contributed by atoms with E-state index in [1.165, 1.54) is 6.08 Å². The van der Waals surface area contributed by atoms with E-state index < -0.39 is 0 Å². The SMILES string of the molecule is C=CC(=O)Nc1cccc(N2C(=O)N(C3CC3)Cc3cnc(Nc4ccc(OC)nc4)nc32)c1. The molecule has 2 N–H and O–H groups in total. The molecule has 1 saturated carbocycles. The van der Waals surface area contributed by atoms with Crippen molar-refractivity contribution in [2.75, 3.05) is 22.6 Å². The maximum atomic E-state index is 13.5. The lowest BCUT2D eigenvalue weighted by Crippen LogP contribution is -2.46. The zero-order chi connectivity index (χ0) is 23.7. The van der Waals surface area contributed by atoms with Crippen molar-refractivity contribution < 1.29 is 14.3 Å². The number of amides is 3. The van der Waals surface area contributed by atoms with Gasteiger partial charge in [-0.05, 0) is 43.2 Å². The number of fused-ring (bicyclic) bond motifs is 1. The monoisotopic (exact) mass is 457 g/mol. The summed E-state index contributed by atoms with van der Waals surface area (Å²) in [5, 5.41) is 5.86. The number of ether oxygens (including phenoxy) is 1. The first-order valence-electron chi connectivity index (χ1n) is 10.8. The molecule has 1 aliphatic carbocycles. The maximum Gasteiger partial charge on any atom is 0.330 e. The van der Waals surface area contributed by atoms with Crippen LogP contribution < -0.4 is 20.3 Å². The lowest BCUT2D eigenvalue weighted by Gasteiger charge is -2.36. The zero-order valence-corrected chi connectivity index (χ0v) is 18.6. The van der Waals surface area contributed by atoms with Crippen LogP contribution in [0.5, 0.6) is 5.88 Å². The highest BCUT2D eigenvalue weighted by atomic mass is 16.5. The molecule has 1 fully saturated rings. The number of carbonyl (C=O) groups is 2. The van der Waals surface area contributed by atoms with Gasteiger partial charge in [0.15, 0.2) is 5.82 Å². The number of methoxy groups -OCH3 is 1. The molecule has 0 saturated heterocycles. The number of nitrogens with zero attached hydrogens (tertiary/aromatic N) is 5. The molecule has 0 bridgehead atoms. The van der Waals surface area contributed by atoms with Gasteiger partial charge in [-0.2, -0.15) is 4.98 Å². The fourth-order valence-corrected chi connectivity index (χ4v) is 3.76. The molecule has 3 aromatic rings. The van der Waals surface area contributed by atoms with E-state index in [1.54, 1.807) is 54.7 Å². The van der Waals surface area contributed by atoms with E-state index in [9.17, 15) is 9.59 Å². The summed E-state index contributed by atoms with van der Waals surface area (Å²) in [4.78, 5) is 42.0. The van der Waals surface area contributed by atoms with E-state index in [-0.39, 0.29) is 18.0 Å². The fraction of sp³-hybridized carbons (Fsp3) is 0.208. The first-order valence-corrected chi connectivity index (χ1v) is 10.8. The van der Waals surface area contributed by atoms with Gasteiger partial charge in [0.25, 0.3) is 0 Å². The van der Waals surface area contributed by atoms with E-state index >= 15 is 0 Å². The molecule has 1 aromatic carbocycles. The molecule has 2 aliphatic rings. The molecule has 0 radical (unpaired) electrons. The van der Waals surface area contributed by atoms with Crippen molar-refractivity contribution >= 4 is 40.8 Å². The number of hydrogen-bond acceptors (Lipinski definition) is 7. The van der Waals surface area contributed by atoms with Crippen molar-refractivity contribution in [1.82, 2.24) is 19.9 Å². The molecule has 172 valence electrons. The highest BCUT2D eigenvalue weighted by Gasteiger charge is 2.41. The Bertz CT molecular complexity index is 1260. The number of urea groups is 1. The van der Waals surface area contributed by atoms with Crippen LogP contribution in [0.3, 0.4) is 0 Å². The number of pyridine rings is 1. The summed E-state index contributed by atoms with van der Waals surface area (Å²) in [6.07, 6.45) is 6.51.